The Morgan fingerprint density at radius 2 is 1.96 bits per heavy atom. The first-order valence-corrected chi connectivity index (χ1v) is 10.4. The van der Waals surface area contributed by atoms with E-state index < -0.39 is 0 Å². The largest absolute Gasteiger partial charge is 0.337 e. The number of hydrogen-bond acceptors (Lipinski definition) is 5. The number of nitrogens with zero attached hydrogens (tertiary/aromatic N) is 3. The second kappa shape index (κ2) is 8.10. The number of piperidine rings is 1. The highest BCUT2D eigenvalue weighted by molar-refractivity contribution is 7.13. The molecule has 3 heterocycles. The van der Waals surface area contributed by atoms with Gasteiger partial charge in [-0.1, -0.05) is 17.7 Å². The fourth-order valence-corrected chi connectivity index (χ4v) is 4.37. The topological polar surface area (TPSA) is 58.1 Å². The van der Waals surface area contributed by atoms with Gasteiger partial charge in [0.2, 0.25) is 5.95 Å². The molecule has 1 aliphatic rings. The van der Waals surface area contributed by atoms with Gasteiger partial charge in [-0.15, -0.1) is 11.3 Å². The predicted molar refractivity (Wildman–Crippen MR) is 113 cm³/mol. The van der Waals surface area contributed by atoms with Crippen LogP contribution in [-0.4, -0.2) is 33.9 Å². The standard InChI is InChI=1S/C22H24N4OS/c1-15-5-8-18(9-6-15)24-22-23-12-11-19(25-22)17-4-3-13-26(14-17)21(27)20-10-7-16(2)28-20/h5-12,17H,3-4,13-14H2,1-2H3,(H,23,24,25)/t17-/m0/s1. The molecule has 144 valence electrons. The van der Waals surface area contributed by atoms with E-state index in [2.05, 4.69) is 29.4 Å². The van der Waals surface area contributed by atoms with Gasteiger partial charge in [0.1, 0.15) is 0 Å². The Kier molecular flexibility index (Phi) is 5.39. The van der Waals surface area contributed by atoms with Gasteiger partial charge in [0.25, 0.3) is 5.91 Å². The van der Waals surface area contributed by atoms with Crippen LogP contribution < -0.4 is 5.32 Å². The number of likely N-dealkylation sites (tertiary alicyclic amines) is 1. The van der Waals surface area contributed by atoms with Gasteiger partial charge in [-0.2, -0.15) is 0 Å². The molecule has 1 amide bonds. The van der Waals surface area contributed by atoms with Crippen molar-refractivity contribution in [2.75, 3.05) is 18.4 Å². The van der Waals surface area contributed by atoms with Crippen molar-refractivity contribution in [2.24, 2.45) is 0 Å². The zero-order chi connectivity index (χ0) is 19.5. The summed E-state index contributed by atoms with van der Waals surface area (Å²) in [5.74, 6) is 0.967. The molecule has 1 atom stereocenters. The van der Waals surface area contributed by atoms with E-state index in [4.69, 9.17) is 4.98 Å². The first-order chi connectivity index (χ1) is 13.6. The molecule has 0 aliphatic carbocycles. The third kappa shape index (κ3) is 4.22. The molecule has 0 radical (unpaired) electrons. The molecule has 0 unspecified atom stereocenters. The molecule has 28 heavy (non-hydrogen) atoms. The van der Waals surface area contributed by atoms with Crippen LogP contribution in [0.2, 0.25) is 0 Å². The SMILES string of the molecule is Cc1ccc(Nc2nccc([C@H]3CCCN(C(=O)c4ccc(C)s4)C3)n2)cc1. The summed E-state index contributed by atoms with van der Waals surface area (Å²) in [4.78, 5) is 25.9. The van der Waals surface area contributed by atoms with Crippen molar-refractivity contribution in [1.82, 2.24) is 14.9 Å². The third-order valence-electron chi connectivity index (χ3n) is 5.06. The maximum atomic E-state index is 12.8. The van der Waals surface area contributed by atoms with Crippen LogP contribution in [-0.2, 0) is 0 Å². The van der Waals surface area contributed by atoms with E-state index in [0.717, 1.165) is 35.6 Å². The van der Waals surface area contributed by atoms with Crippen molar-refractivity contribution >= 4 is 28.9 Å². The molecule has 1 aromatic carbocycles. The summed E-state index contributed by atoms with van der Waals surface area (Å²) in [5, 5.41) is 3.27. The van der Waals surface area contributed by atoms with Crippen LogP contribution in [0.5, 0.6) is 0 Å². The number of thiophene rings is 1. The summed E-state index contributed by atoms with van der Waals surface area (Å²) in [6.07, 6.45) is 3.82. The van der Waals surface area contributed by atoms with E-state index in [0.29, 0.717) is 12.5 Å². The Bertz CT molecular complexity index is 967. The second-order valence-corrected chi connectivity index (χ2v) is 8.58. The Balaban J connectivity index is 1.47. The second-order valence-electron chi connectivity index (χ2n) is 7.30. The third-order valence-corrected chi connectivity index (χ3v) is 6.05. The first kappa shape index (κ1) is 18.6. The molecule has 0 spiro atoms. The van der Waals surface area contributed by atoms with Gasteiger partial charge in [-0.3, -0.25) is 4.79 Å². The summed E-state index contributed by atoms with van der Waals surface area (Å²) in [7, 11) is 0. The Labute approximate surface area is 169 Å². The minimum Gasteiger partial charge on any atom is -0.337 e. The summed E-state index contributed by atoms with van der Waals surface area (Å²) in [5.41, 5.74) is 3.17. The van der Waals surface area contributed by atoms with Gasteiger partial charge in [-0.05, 0) is 57.0 Å². The lowest BCUT2D eigenvalue weighted by molar-refractivity contribution is 0.0711. The highest BCUT2D eigenvalue weighted by Crippen LogP contribution is 2.28. The fourth-order valence-electron chi connectivity index (χ4n) is 3.53. The van der Waals surface area contributed by atoms with Crippen LogP contribution in [0.15, 0.2) is 48.7 Å². The van der Waals surface area contributed by atoms with Crippen LogP contribution in [0.25, 0.3) is 0 Å². The number of aryl methyl sites for hydroxylation is 2. The molecule has 3 aromatic rings. The molecule has 0 saturated carbocycles. The minimum absolute atomic E-state index is 0.134. The zero-order valence-corrected chi connectivity index (χ0v) is 17.0. The van der Waals surface area contributed by atoms with E-state index in [1.807, 2.05) is 42.2 Å². The van der Waals surface area contributed by atoms with Crippen molar-refractivity contribution in [1.29, 1.82) is 0 Å². The Morgan fingerprint density at radius 3 is 2.71 bits per heavy atom. The normalized spacial score (nSPS) is 16.8. The van der Waals surface area contributed by atoms with Crippen molar-refractivity contribution in [2.45, 2.75) is 32.6 Å². The van der Waals surface area contributed by atoms with E-state index in [1.54, 1.807) is 17.5 Å². The highest BCUT2D eigenvalue weighted by Gasteiger charge is 2.27. The molecule has 5 nitrogen and oxygen atoms in total. The number of anilines is 2. The lowest BCUT2D eigenvalue weighted by Gasteiger charge is -2.32. The summed E-state index contributed by atoms with van der Waals surface area (Å²) in [6.45, 7) is 5.61. The lowest BCUT2D eigenvalue weighted by Crippen LogP contribution is -2.39. The zero-order valence-electron chi connectivity index (χ0n) is 16.2. The first-order valence-electron chi connectivity index (χ1n) is 9.61. The molecule has 2 aromatic heterocycles. The van der Waals surface area contributed by atoms with E-state index in [1.165, 1.54) is 10.4 Å². The number of carbonyl (C=O) groups excluding carboxylic acids is 1. The van der Waals surface area contributed by atoms with E-state index >= 15 is 0 Å². The van der Waals surface area contributed by atoms with Gasteiger partial charge in [-0.25, -0.2) is 9.97 Å². The van der Waals surface area contributed by atoms with Gasteiger partial charge in [0, 0.05) is 35.8 Å². The van der Waals surface area contributed by atoms with Gasteiger partial charge in [0.05, 0.1) is 10.6 Å². The van der Waals surface area contributed by atoms with E-state index in [9.17, 15) is 4.79 Å². The van der Waals surface area contributed by atoms with Crippen LogP contribution in [0, 0.1) is 13.8 Å². The van der Waals surface area contributed by atoms with E-state index in [-0.39, 0.29) is 11.8 Å². The molecule has 6 heteroatoms. The smallest absolute Gasteiger partial charge is 0.263 e. The Morgan fingerprint density at radius 1 is 1.14 bits per heavy atom. The average Bonchev–Trinajstić information content (AvgIpc) is 3.16. The maximum Gasteiger partial charge on any atom is 0.263 e. The number of amides is 1. The predicted octanol–water partition coefficient (Wildman–Crippen LogP) is 4.92. The number of rotatable bonds is 4. The number of carbonyl (C=O) groups is 1. The van der Waals surface area contributed by atoms with Gasteiger partial charge >= 0.3 is 0 Å². The molecular weight excluding hydrogens is 368 g/mol. The monoisotopic (exact) mass is 392 g/mol. The number of aromatic nitrogens is 2. The minimum atomic E-state index is 0.134. The molecule has 1 saturated heterocycles. The fraction of sp³-hybridized carbons (Fsp3) is 0.318. The number of benzene rings is 1. The van der Waals surface area contributed by atoms with Crippen LogP contribution >= 0.6 is 11.3 Å². The van der Waals surface area contributed by atoms with Gasteiger partial charge in [0.15, 0.2) is 0 Å². The molecule has 1 N–H and O–H groups in total. The molecule has 0 bridgehead atoms. The lowest BCUT2D eigenvalue weighted by atomic mass is 9.94. The molecule has 1 aliphatic heterocycles. The molecule has 4 rings (SSSR count). The van der Waals surface area contributed by atoms with Crippen molar-refractivity contribution in [3.63, 3.8) is 0 Å². The van der Waals surface area contributed by atoms with Crippen molar-refractivity contribution < 1.29 is 4.79 Å². The summed E-state index contributed by atoms with van der Waals surface area (Å²) >= 11 is 1.56. The quantitative estimate of drug-likeness (QED) is 0.685. The van der Waals surface area contributed by atoms with Crippen LogP contribution in [0.4, 0.5) is 11.6 Å². The van der Waals surface area contributed by atoms with Crippen LogP contribution in [0.3, 0.4) is 0 Å². The van der Waals surface area contributed by atoms with Crippen LogP contribution in [0.1, 0.15) is 44.6 Å². The van der Waals surface area contributed by atoms with Gasteiger partial charge < -0.3 is 10.2 Å². The summed E-state index contributed by atoms with van der Waals surface area (Å²) in [6, 6.07) is 14.1. The Hall–Kier alpha value is -2.73. The van der Waals surface area contributed by atoms with Crippen molar-refractivity contribution in [3.05, 3.63) is 69.7 Å². The number of nitrogens with one attached hydrogen (secondary N) is 1. The highest BCUT2D eigenvalue weighted by atomic mass is 32.1. The average molecular weight is 393 g/mol. The maximum absolute atomic E-state index is 12.8. The number of hydrogen-bond donors (Lipinski definition) is 1. The van der Waals surface area contributed by atoms with Crippen molar-refractivity contribution in [3.8, 4) is 0 Å². The molecule has 1 fully saturated rings. The molecular formula is C22H24N4OS. The summed E-state index contributed by atoms with van der Waals surface area (Å²) < 4.78 is 0.